The number of rotatable bonds is 2. The summed E-state index contributed by atoms with van der Waals surface area (Å²) in [6.07, 6.45) is 2.11. The summed E-state index contributed by atoms with van der Waals surface area (Å²) in [6, 6.07) is 0. The molecule has 2 amide bonds. The summed E-state index contributed by atoms with van der Waals surface area (Å²) in [5, 5.41) is -0.309. The van der Waals surface area contributed by atoms with Gasteiger partial charge in [-0.3, -0.25) is 9.59 Å². The maximum atomic E-state index is 12.3. The van der Waals surface area contributed by atoms with Crippen LogP contribution in [0.3, 0.4) is 0 Å². The van der Waals surface area contributed by atoms with E-state index in [1.807, 2.05) is 0 Å². The number of imide groups is 1. The summed E-state index contributed by atoms with van der Waals surface area (Å²) in [4.78, 5) is 23.9. The van der Waals surface area contributed by atoms with Crippen molar-refractivity contribution < 1.29 is 40.2 Å². The van der Waals surface area contributed by atoms with Gasteiger partial charge >= 0.3 is 15.6 Å². The minimum absolute atomic E-state index is 0.0914. The van der Waals surface area contributed by atoms with Crippen LogP contribution in [0.2, 0.25) is 0 Å². The van der Waals surface area contributed by atoms with Crippen molar-refractivity contribution in [3.8, 4) is 0 Å². The molecule has 3 rings (SSSR count). The molecule has 3 heterocycles. The number of fused-ring (bicyclic) bond motifs is 4. The van der Waals surface area contributed by atoms with Crippen LogP contribution in [0.15, 0.2) is 12.2 Å². The molecule has 116 valence electrons. The highest BCUT2D eigenvalue weighted by Crippen LogP contribution is 2.43. The fourth-order valence-electron chi connectivity index (χ4n) is 2.67. The molecule has 2 fully saturated rings. The van der Waals surface area contributed by atoms with Gasteiger partial charge in [0.2, 0.25) is 0 Å². The number of amides is 2. The summed E-state index contributed by atoms with van der Waals surface area (Å²) in [5.74, 6) is -4.25. The van der Waals surface area contributed by atoms with Crippen molar-refractivity contribution in [2.24, 2.45) is 11.8 Å². The lowest BCUT2D eigenvalue weighted by atomic mass is 9.86. The molecule has 7 nitrogen and oxygen atoms in total. The molecule has 3 aliphatic heterocycles. The number of ether oxygens (including phenoxy) is 1. The Bertz CT molecular complexity index is 642. The Balaban J connectivity index is 1.88. The Morgan fingerprint density at radius 1 is 1.24 bits per heavy atom. The Kier molecular flexibility index (Phi) is 2.94. The minimum Gasteiger partial charge on any atom is -0.366 e. The van der Waals surface area contributed by atoms with E-state index in [1.54, 1.807) is 6.08 Å². The number of hydrogen-bond donors (Lipinski definition) is 0. The van der Waals surface area contributed by atoms with Crippen molar-refractivity contribution in [1.82, 2.24) is 5.06 Å². The van der Waals surface area contributed by atoms with Crippen LogP contribution in [0.25, 0.3) is 0 Å². The maximum absolute atomic E-state index is 12.3. The smallest absolute Gasteiger partial charge is 0.366 e. The van der Waals surface area contributed by atoms with Gasteiger partial charge < -0.3 is 4.74 Å². The van der Waals surface area contributed by atoms with Crippen molar-refractivity contribution in [3.63, 3.8) is 0 Å². The highest BCUT2D eigenvalue weighted by atomic mass is 32.2. The van der Waals surface area contributed by atoms with Gasteiger partial charge in [-0.15, -0.1) is 9.35 Å². The van der Waals surface area contributed by atoms with Crippen LogP contribution < -0.4 is 0 Å². The summed E-state index contributed by atoms with van der Waals surface area (Å²) in [6.45, 7) is 0. The van der Waals surface area contributed by atoms with Gasteiger partial charge in [-0.25, -0.2) is 0 Å². The number of nitrogens with zero attached hydrogens (tertiary/aromatic N) is 1. The van der Waals surface area contributed by atoms with Crippen LogP contribution in [-0.4, -0.2) is 43.0 Å². The van der Waals surface area contributed by atoms with Crippen molar-refractivity contribution in [3.05, 3.63) is 12.2 Å². The fourth-order valence-corrected chi connectivity index (χ4v) is 3.09. The third kappa shape index (κ3) is 2.07. The second-order valence-corrected chi connectivity index (χ2v) is 6.36. The molecule has 0 aliphatic carbocycles. The van der Waals surface area contributed by atoms with Crippen molar-refractivity contribution in [2.45, 2.75) is 24.1 Å². The third-order valence-electron chi connectivity index (χ3n) is 3.58. The molecule has 0 aromatic carbocycles. The minimum atomic E-state index is -6.08. The van der Waals surface area contributed by atoms with Crippen LogP contribution in [-0.2, 0) is 28.7 Å². The van der Waals surface area contributed by atoms with Crippen LogP contribution in [0.1, 0.15) is 6.42 Å². The topological polar surface area (TPSA) is 90.0 Å². The molecule has 0 aromatic rings. The molecular weight excluding hydrogens is 319 g/mol. The first-order valence-electron chi connectivity index (χ1n) is 5.84. The number of alkyl halides is 3. The lowest BCUT2D eigenvalue weighted by Crippen LogP contribution is -2.39. The van der Waals surface area contributed by atoms with Crippen LogP contribution in [0, 0.1) is 11.8 Å². The van der Waals surface area contributed by atoms with Crippen LogP contribution in [0.5, 0.6) is 0 Å². The molecule has 2 saturated heterocycles. The fraction of sp³-hybridized carbons (Fsp3) is 0.600. The van der Waals surface area contributed by atoms with Crippen molar-refractivity contribution in [1.29, 1.82) is 0 Å². The zero-order chi connectivity index (χ0) is 15.6. The van der Waals surface area contributed by atoms with Gasteiger partial charge in [-0.2, -0.15) is 21.6 Å². The maximum Gasteiger partial charge on any atom is 0.525 e. The molecule has 2 bridgehead atoms. The monoisotopic (exact) mass is 327 g/mol. The quantitative estimate of drug-likeness (QED) is 0.406. The molecule has 4 unspecified atom stereocenters. The van der Waals surface area contributed by atoms with E-state index < -0.39 is 51.5 Å². The molecule has 0 saturated carbocycles. The first-order chi connectivity index (χ1) is 9.62. The summed E-state index contributed by atoms with van der Waals surface area (Å²) < 4.78 is 67.7. The normalized spacial score (nSPS) is 35.5. The summed E-state index contributed by atoms with van der Waals surface area (Å²) in [5.41, 5.74) is -5.73. The Morgan fingerprint density at radius 3 is 2.52 bits per heavy atom. The highest BCUT2D eigenvalue weighted by molar-refractivity contribution is 7.87. The largest absolute Gasteiger partial charge is 0.525 e. The zero-order valence-corrected chi connectivity index (χ0v) is 10.9. The van der Waals surface area contributed by atoms with E-state index in [0.717, 1.165) is 0 Å². The summed E-state index contributed by atoms with van der Waals surface area (Å²) in [7, 11) is -6.08. The van der Waals surface area contributed by atoms with Crippen molar-refractivity contribution in [2.75, 3.05) is 0 Å². The Labute approximate surface area is 116 Å². The molecule has 21 heavy (non-hydrogen) atoms. The highest BCUT2D eigenvalue weighted by Gasteiger charge is 2.59. The van der Waals surface area contributed by atoms with E-state index in [9.17, 15) is 31.2 Å². The predicted molar refractivity (Wildman–Crippen MR) is 57.3 cm³/mol. The average Bonchev–Trinajstić information content (AvgIpc) is 2.84. The van der Waals surface area contributed by atoms with Gasteiger partial charge in [0.25, 0.3) is 11.8 Å². The number of hydroxylamine groups is 2. The van der Waals surface area contributed by atoms with Gasteiger partial charge in [0, 0.05) is 0 Å². The van der Waals surface area contributed by atoms with Gasteiger partial charge in [-0.1, -0.05) is 12.2 Å². The average molecular weight is 327 g/mol. The molecule has 11 heteroatoms. The van der Waals surface area contributed by atoms with E-state index in [0.29, 0.717) is 0 Å². The van der Waals surface area contributed by atoms with Gasteiger partial charge in [-0.05, 0) is 6.42 Å². The SMILES string of the molecule is O=C1C2CC3C=CC(O3)C2C(=O)N1OS(=O)(=O)C(F)(F)F. The van der Waals surface area contributed by atoms with E-state index in [2.05, 4.69) is 4.28 Å². The second kappa shape index (κ2) is 4.27. The molecule has 0 spiro atoms. The molecule has 0 N–H and O–H groups in total. The first-order valence-corrected chi connectivity index (χ1v) is 7.25. The molecule has 4 atom stereocenters. The van der Waals surface area contributed by atoms with Gasteiger partial charge in [0.15, 0.2) is 0 Å². The number of hydrogen-bond acceptors (Lipinski definition) is 6. The molecule has 0 aromatic heterocycles. The lowest BCUT2D eigenvalue weighted by Gasteiger charge is -2.28. The first kappa shape index (κ1) is 14.5. The van der Waals surface area contributed by atoms with Crippen molar-refractivity contribution >= 4 is 21.9 Å². The molecule has 3 aliphatic rings. The van der Waals surface area contributed by atoms with Gasteiger partial charge in [0.05, 0.1) is 24.0 Å². The van der Waals surface area contributed by atoms with Crippen LogP contribution in [0.4, 0.5) is 13.2 Å². The second-order valence-electron chi connectivity index (χ2n) is 4.84. The summed E-state index contributed by atoms with van der Waals surface area (Å²) >= 11 is 0. The molecule has 0 radical (unpaired) electrons. The predicted octanol–water partition coefficient (Wildman–Crippen LogP) is 0.0961. The number of halogens is 3. The van der Waals surface area contributed by atoms with E-state index >= 15 is 0 Å². The van der Waals surface area contributed by atoms with Crippen LogP contribution >= 0.6 is 0 Å². The standard InChI is InChI=1S/C10H8F3NO6S/c11-10(12,13)21(17,18)20-14-8(15)5-3-4-1-2-6(19-4)7(5)9(14)16/h1-2,4-7H,3H2. The Hall–Kier alpha value is -1.46. The number of carbonyl (C=O) groups is 2. The lowest BCUT2D eigenvalue weighted by molar-refractivity contribution is -0.169. The Morgan fingerprint density at radius 2 is 1.90 bits per heavy atom. The zero-order valence-electron chi connectivity index (χ0n) is 10.1. The van der Waals surface area contributed by atoms with E-state index in [4.69, 9.17) is 4.74 Å². The number of carbonyl (C=O) groups excluding carboxylic acids is 2. The van der Waals surface area contributed by atoms with E-state index in [-0.39, 0.29) is 11.5 Å². The van der Waals surface area contributed by atoms with Gasteiger partial charge in [0.1, 0.15) is 0 Å². The third-order valence-corrected chi connectivity index (χ3v) is 4.49. The van der Waals surface area contributed by atoms with E-state index in [1.165, 1.54) is 6.08 Å². The molecular formula is C10H8F3NO6S.